The highest BCUT2D eigenvalue weighted by Crippen LogP contribution is 2.39. The van der Waals surface area contributed by atoms with E-state index in [1.165, 1.54) is 29.2 Å². The molecule has 3 rings (SSSR count). The van der Waals surface area contributed by atoms with E-state index in [1.54, 1.807) is 24.3 Å². The number of ketones is 1. The van der Waals surface area contributed by atoms with Gasteiger partial charge in [-0.3, -0.25) is 9.59 Å². The highest BCUT2D eigenvalue weighted by atomic mass is 19.1. The first-order valence-electron chi connectivity index (χ1n) is 10.2. The molecule has 0 bridgehead atoms. The third-order valence-electron chi connectivity index (χ3n) is 4.95. The van der Waals surface area contributed by atoms with E-state index in [4.69, 9.17) is 9.47 Å². The molecule has 1 unspecified atom stereocenters. The summed E-state index contributed by atoms with van der Waals surface area (Å²) in [4.78, 5) is 27.1. The SMILES string of the molecule is CCOc1ccc(C2/C(=C(/O)c3ccc(F)cc3)C(=O)C(=O)N2CCOC(C)C)cc1. The number of rotatable bonds is 8. The standard InChI is InChI=1S/C24H26FNO5/c1-4-30-19-11-7-16(8-12-19)21-20(22(27)17-5-9-18(25)10-6-17)23(28)24(29)26(21)13-14-31-15(2)3/h5-12,15,21,27H,4,13-14H2,1-3H3/b22-20-. The van der Waals surface area contributed by atoms with Crippen LogP contribution < -0.4 is 4.74 Å². The van der Waals surface area contributed by atoms with Crippen LogP contribution in [0.2, 0.25) is 0 Å². The Kier molecular flexibility index (Phi) is 7.07. The molecule has 2 aromatic carbocycles. The van der Waals surface area contributed by atoms with Gasteiger partial charge < -0.3 is 19.5 Å². The number of likely N-dealkylation sites (tertiary alicyclic amines) is 1. The summed E-state index contributed by atoms with van der Waals surface area (Å²) < 4.78 is 24.4. The van der Waals surface area contributed by atoms with E-state index in [0.29, 0.717) is 17.9 Å². The minimum Gasteiger partial charge on any atom is -0.507 e. The molecule has 164 valence electrons. The Morgan fingerprint density at radius 1 is 1.10 bits per heavy atom. The normalized spacial score (nSPS) is 18.1. The van der Waals surface area contributed by atoms with Crippen LogP contribution in [0.1, 0.15) is 37.9 Å². The Balaban J connectivity index is 2.05. The summed E-state index contributed by atoms with van der Waals surface area (Å²) in [6.45, 7) is 6.57. The van der Waals surface area contributed by atoms with Crippen molar-refractivity contribution in [3.63, 3.8) is 0 Å². The molecule has 0 saturated carbocycles. The first-order valence-corrected chi connectivity index (χ1v) is 10.2. The molecule has 1 fully saturated rings. The summed E-state index contributed by atoms with van der Waals surface area (Å²) in [6, 6.07) is 11.3. The highest BCUT2D eigenvalue weighted by molar-refractivity contribution is 6.46. The van der Waals surface area contributed by atoms with Gasteiger partial charge in [0.25, 0.3) is 11.7 Å². The molecular formula is C24H26FNO5. The van der Waals surface area contributed by atoms with E-state index in [2.05, 4.69) is 0 Å². The van der Waals surface area contributed by atoms with Gasteiger partial charge in [-0.15, -0.1) is 0 Å². The van der Waals surface area contributed by atoms with Crippen LogP contribution in [0, 0.1) is 5.82 Å². The number of nitrogens with zero attached hydrogens (tertiary/aromatic N) is 1. The van der Waals surface area contributed by atoms with Crippen molar-refractivity contribution in [1.29, 1.82) is 0 Å². The highest BCUT2D eigenvalue weighted by Gasteiger charge is 2.45. The third-order valence-corrected chi connectivity index (χ3v) is 4.95. The average molecular weight is 427 g/mol. The van der Waals surface area contributed by atoms with E-state index in [1.807, 2.05) is 20.8 Å². The second-order valence-electron chi connectivity index (χ2n) is 7.42. The van der Waals surface area contributed by atoms with Gasteiger partial charge in [0, 0.05) is 12.1 Å². The van der Waals surface area contributed by atoms with Gasteiger partial charge in [-0.05, 0) is 62.7 Å². The summed E-state index contributed by atoms with van der Waals surface area (Å²) >= 11 is 0. The maximum atomic E-state index is 13.3. The molecule has 1 atom stereocenters. The van der Waals surface area contributed by atoms with Crippen LogP contribution in [0.5, 0.6) is 5.75 Å². The van der Waals surface area contributed by atoms with Crippen molar-refractivity contribution >= 4 is 17.4 Å². The van der Waals surface area contributed by atoms with E-state index in [9.17, 15) is 19.1 Å². The predicted octanol–water partition coefficient (Wildman–Crippen LogP) is 4.07. The van der Waals surface area contributed by atoms with Crippen molar-refractivity contribution in [2.24, 2.45) is 0 Å². The van der Waals surface area contributed by atoms with Gasteiger partial charge in [-0.2, -0.15) is 0 Å². The van der Waals surface area contributed by atoms with Crippen molar-refractivity contribution in [2.75, 3.05) is 19.8 Å². The molecule has 0 radical (unpaired) electrons. The predicted molar refractivity (Wildman–Crippen MR) is 114 cm³/mol. The van der Waals surface area contributed by atoms with Crippen LogP contribution in [0.3, 0.4) is 0 Å². The molecule has 2 aromatic rings. The number of benzene rings is 2. The van der Waals surface area contributed by atoms with Crippen molar-refractivity contribution in [3.05, 3.63) is 71.0 Å². The molecule has 0 aliphatic carbocycles. The van der Waals surface area contributed by atoms with E-state index in [0.717, 1.165) is 0 Å². The van der Waals surface area contributed by atoms with Gasteiger partial charge in [0.05, 0.1) is 30.9 Å². The molecule has 1 amide bonds. The number of ether oxygens (including phenoxy) is 2. The Bertz CT molecular complexity index is 966. The number of hydrogen-bond donors (Lipinski definition) is 1. The van der Waals surface area contributed by atoms with Crippen molar-refractivity contribution in [3.8, 4) is 5.75 Å². The average Bonchev–Trinajstić information content (AvgIpc) is 2.99. The number of halogens is 1. The summed E-state index contributed by atoms with van der Waals surface area (Å²) in [5.74, 6) is -1.65. The van der Waals surface area contributed by atoms with Crippen LogP contribution >= 0.6 is 0 Å². The minimum absolute atomic E-state index is 0.0278. The van der Waals surface area contributed by atoms with Crippen LogP contribution in [-0.2, 0) is 14.3 Å². The smallest absolute Gasteiger partial charge is 0.295 e. The van der Waals surface area contributed by atoms with Gasteiger partial charge in [0.15, 0.2) is 0 Å². The van der Waals surface area contributed by atoms with Crippen molar-refractivity contribution in [2.45, 2.75) is 32.9 Å². The minimum atomic E-state index is -0.795. The van der Waals surface area contributed by atoms with Gasteiger partial charge in [0.1, 0.15) is 17.3 Å². The largest absolute Gasteiger partial charge is 0.507 e. The lowest BCUT2D eigenvalue weighted by molar-refractivity contribution is -0.140. The van der Waals surface area contributed by atoms with E-state index in [-0.39, 0.29) is 36.2 Å². The number of hydrogen-bond acceptors (Lipinski definition) is 5. The van der Waals surface area contributed by atoms with E-state index >= 15 is 0 Å². The quantitative estimate of drug-likeness (QED) is 0.390. The Morgan fingerprint density at radius 3 is 2.32 bits per heavy atom. The second-order valence-corrected chi connectivity index (χ2v) is 7.42. The number of carbonyl (C=O) groups is 2. The second kappa shape index (κ2) is 9.75. The van der Waals surface area contributed by atoms with Crippen LogP contribution in [0.25, 0.3) is 5.76 Å². The molecule has 1 aliphatic rings. The molecule has 1 aliphatic heterocycles. The number of Topliss-reactive ketones (excluding diaryl/α,β-unsaturated/α-hetero) is 1. The zero-order valence-corrected chi connectivity index (χ0v) is 17.8. The van der Waals surface area contributed by atoms with E-state index < -0.39 is 23.5 Å². The molecule has 0 aromatic heterocycles. The summed E-state index contributed by atoms with van der Waals surface area (Å²) in [6.07, 6.45) is -0.0278. The molecular weight excluding hydrogens is 401 g/mol. The maximum absolute atomic E-state index is 13.3. The number of carbonyl (C=O) groups excluding carboxylic acids is 2. The molecule has 1 N–H and O–H groups in total. The Labute approximate surface area is 180 Å². The summed E-state index contributed by atoms with van der Waals surface area (Å²) in [7, 11) is 0. The molecule has 7 heteroatoms. The fraction of sp³-hybridized carbons (Fsp3) is 0.333. The van der Waals surface area contributed by atoms with Gasteiger partial charge in [-0.25, -0.2) is 4.39 Å². The maximum Gasteiger partial charge on any atom is 0.295 e. The van der Waals surface area contributed by atoms with Crippen LogP contribution in [0.15, 0.2) is 54.1 Å². The first kappa shape index (κ1) is 22.5. The molecule has 31 heavy (non-hydrogen) atoms. The summed E-state index contributed by atoms with van der Waals surface area (Å²) in [5, 5.41) is 10.9. The number of amides is 1. The lowest BCUT2D eigenvalue weighted by Crippen LogP contribution is -2.33. The summed E-state index contributed by atoms with van der Waals surface area (Å²) in [5.41, 5.74) is 0.870. The lowest BCUT2D eigenvalue weighted by Gasteiger charge is -2.25. The lowest BCUT2D eigenvalue weighted by atomic mass is 9.95. The fourth-order valence-electron chi connectivity index (χ4n) is 3.52. The van der Waals surface area contributed by atoms with Crippen molar-refractivity contribution in [1.82, 2.24) is 4.90 Å². The number of aliphatic hydroxyl groups excluding tert-OH is 1. The molecule has 6 nitrogen and oxygen atoms in total. The number of aliphatic hydroxyl groups is 1. The van der Waals surface area contributed by atoms with Crippen molar-refractivity contribution < 1.29 is 28.6 Å². The fourth-order valence-corrected chi connectivity index (χ4v) is 3.52. The first-order chi connectivity index (χ1) is 14.8. The monoisotopic (exact) mass is 427 g/mol. The molecule has 1 saturated heterocycles. The van der Waals surface area contributed by atoms with Gasteiger partial charge in [0.2, 0.25) is 0 Å². The third kappa shape index (κ3) is 4.94. The van der Waals surface area contributed by atoms with Gasteiger partial charge in [-0.1, -0.05) is 12.1 Å². The topological polar surface area (TPSA) is 76.1 Å². The zero-order chi connectivity index (χ0) is 22.5. The molecule has 1 heterocycles. The van der Waals surface area contributed by atoms with Crippen LogP contribution in [0.4, 0.5) is 4.39 Å². The Hall–Kier alpha value is -3.19. The Morgan fingerprint density at radius 2 is 1.74 bits per heavy atom. The molecule has 0 spiro atoms. The van der Waals surface area contributed by atoms with Gasteiger partial charge >= 0.3 is 0 Å². The van der Waals surface area contributed by atoms with Crippen LogP contribution in [-0.4, -0.2) is 47.6 Å². The zero-order valence-electron chi connectivity index (χ0n) is 17.8.